The lowest BCUT2D eigenvalue weighted by Gasteiger charge is -2.30. The zero-order chi connectivity index (χ0) is 21.1. The van der Waals surface area contributed by atoms with E-state index in [4.69, 9.17) is 23.2 Å². The lowest BCUT2D eigenvalue weighted by molar-refractivity contribution is -0.385. The third kappa shape index (κ3) is 6.15. The van der Waals surface area contributed by atoms with Gasteiger partial charge in [0.1, 0.15) is 0 Å². The van der Waals surface area contributed by atoms with E-state index in [0.29, 0.717) is 34.2 Å². The summed E-state index contributed by atoms with van der Waals surface area (Å²) in [4.78, 5) is 15.3. The van der Waals surface area contributed by atoms with Crippen molar-refractivity contribution in [2.45, 2.75) is 44.3 Å². The van der Waals surface area contributed by atoms with Crippen LogP contribution in [0.25, 0.3) is 10.9 Å². The van der Waals surface area contributed by atoms with Gasteiger partial charge >= 0.3 is 0 Å². The second-order valence-electron chi connectivity index (χ2n) is 7.59. The molecule has 3 aromatic rings. The maximum atomic E-state index is 11.3. The summed E-state index contributed by atoms with van der Waals surface area (Å²) in [6, 6.07) is 13.2. The fourth-order valence-corrected chi connectivity index (χ4v) is 4.45. The summed E-state index contributed by atoms with van der Waals surface area (Å²) >= 11 is 12.3. The molecule has 172 valence electrons. The summed E-state index contributed by atoms with van der Waals surface area (Å²) in [7, 11) is 0. The van der Waals surface area contributed by atoms with Crippen LogP contribution in [0.3, 0.4) is 0 Å². The van der Waals surface area contributed by atoms with Crippen molar-refractivity contribution in [3.8, 4) is 0 Å². The highest BCUT2D eigenvalue weighted by molar-refractivity contribution is 6.31. The van der Waals surface area contributed by atoms with E-state index in [2.05, 4.69) is 15.6 Å². The zero-order valence-corrected chi connectivity index (χ0v) is 20.2. The fraction of sp³-hybridized carbons (Fsp3) is 0.318. The van der Waals surface area contributed by atoms with Gasteiger partial charge < -0.3 is 10.6 Å². The fourth-order valence-electron chi connectivity index (χ4n) is 4.05. The van der Waals surface area contributed by atoms with Gasteiger partial charge in [0.2, 0.25) is 0 Å². The summed E-state index contributed by atoms with van der Waals surface area (Å²) in [5.74, 6) is 0. The Morgan fingerprint density at radius 1 is 1.03 bits per heavy atom. The van der Waals surface area contributed by atoms with Crippen LogP contribution in [0.1, 0.15) is 31.2 Å². The number of aromatic nitrogens is 1. The molecule has 2 N–H and O–H groups in total. The molecular formula is C22H24Cl4N4O2. The highest BCUT2D eigenvalue weighted by Gasteiger charge is 2.23. The number of benzene rings is 2. The van der Waals surface area contributed by atoms with Crippen molar-refractivity contribution in [1.29, 1.82) is 0 Å². The third-order valence-corrected chi connectivity index (χ3v) is 6.24. The van der Waals surface area contributed by atoms with Crippen LogP contribution >= 0.6 is 48.0 Å². The Morgan fingerprint density at radius 3 is 2.47 bits per heavy atom. The van der Waals surface area contributed by atoms with Crippen LogP contribution in [0, 0.1) is 10.1 Å². The van der Waals surface area contributed by atoms with E-state index < -0.39 is 0 Å². The van der Waals surface area contributed by atoms with Crippen molar-refractivity contribution < 1.29 is 4.92 Å². The minimum atomic E-state index is -0.379. The summed E-state index contributed by atoms with van der Waals surface area (Å²) in [6.45, 7) is 0.397. The number of nitrogens with zero attached hydrogens (tertiary/aromatic N) is 2. The van der Waals surface area contributed by atoms with Gasteiger partial charge in [0.15, 0.2) is 0 Å². The molecule has 0 saturated heterocycles. The van der Waals surface area contributed by atoms with Gasteiger partial charge in [-0.2, -0.15) is 0 Å². The molecule has 1 aliphatic rings. The molecule has 0 atom stereocenters. The third-order valence-electron chi connectivity index (χ3n) is 5.65. The molecule has 0 spiro atoms. The smallest absolute Gasteiger partial charge is 0.275 e. The van der Waals surface area contributed by atoms with Crippen LogP contribution < -0.4 is 10.6 Å². The minimum absolute atomic E-state index is 0. The molecule has 1 saturated carbocycles. The molecule has 4 rings (SSSR count). The molecule has 10 heteroatoms. The molecular weight excluding hydrogens is 494 g/mol. The van der Waals surface area contributed by atoms with Crippen molar-refractivity contribution >= 4 is 70.3 Å². The van der Waals surface area contributed by atoms with Crippen molar-refractivity contribution in [3.05, 3.63) is 74.4 Å². The highest BCUT2D eigenvalue weighted by Crippen LogP contribution is 2.29. The molecule has 0 bridgehead atoms. The number of nitro benzene ring substituents is 1. The Bertz CT molecular complexity index is 1070. The standard InChI is InChI=1S/C22H22Cl2N4O2.2ClH/c23-14-4-9-17-20(10-11-25-21(17)12-14)27-16-7-5-15(6-8-16)26-13-18-19(24)2-1-3-22(18)28(29)30;;/h1-4,9-12,15-16,26H,5-8,13H2,(H,25,27);2*1H/t15-,16+;;. The second kappa shape index (κ2) is 11.9. The quantitative estimate of drug-likeness (QED) is 0.277. The maximum absolute atomic E-state index is 11.3. The van der Waals surface area contributed by atoms with E-state index in [1.54, 1.807) is 18.3 Å². The summed E-state index contributed by atoms with van der Waals surface area (Å²) in [5.41, 5.74) is 2.56. The van der Waals surface area contributed by atoms with Gasteiger partial charge in [-0.05, 0) is 56.0 Å². The first-order chi connectivity index (χ1) is 14.5. The number of nitro groups is 1. The molecule has 0 aliphatic heterocycles. The number of hydrogen-bond acceptors (Lipinski definition) is 5. The van der Waals surface area contributed by atoms with Crippen LogP contribution in [0.2, 0.25) is 10.0 Å². The van der Waals surface area contributed by atoms with Crippen LogP contribution in [0.15, 0.2) is 48.7 Å². The first kappa shape index (κ1) is 26.4. The minimum Gasteiger partial charge on any atom is -0.382 e. The van der Waals surface area contributed by atoms with E-state index in [0.717, 1.165) is 42.3 Å². The van der Waals surface area contributed by atoms with Crippen LogP contribution in [0.5, 0.6) is 0 Å². The lowest BCUT2D eigenvalue weighted by Crippen LogP contribution is -2.36. The van der Waals surface area contributed by atoms with Gasteiger partial charge in [0, 0.05) is 47.0 Å². The number of pyridine rings is 1. The zero-order valence-electron chi connectivity index (χ0n) is 17.1. The summed E-state index contributed by atoms with van der Waals surface area (Å²) < 4.78 is 0. The van der Waals surface area contributed by atoms with E-state index in [9.17, 15) is 10.1 Å². The van der Waals surface area contributed by atoms with Gasteiger partial charge in [-0.3, -0.25) is 15.1 Å². The number of nitrogens with one attached hydrogen (secondary N) is 2. The second-order valence-corrected chi connectivity index (χ2v) is 8.43. The molecule has 1 aliphatic carbocycles. The van der Waals surface area contributed by atoms with Gasteiger partial charge in [-0.15, -0.1) is 24.8 Å². The number of hydrogen-bond donors (Lipinski definition) is 2. The number of halogens is 4. The highest BCUT2D eigenvalue weighted by atomic mass is 35.5. The van der Waals surface area contributed by atoms with Crippen molar-refractivity contribution in [2.75, 3.05) is 5.32 Å². The monoisotopic (exact) mass is 516 g/mol. The number of rotatable bonds is 6. The van der Waals surface area contributed by atoms with Gasteiger partial charge in [0.05, 0.1) is 21.0 Å². The average molecular weight is 518 g/mol. The number of anilines is 1. The van der Waals surface area contributed by atoms with Crippen molar-refractivity contribution in [1.82, 2.24) is 10.3 Å². The SMILES string of the molecule is Cl.Cl.O=[N+]([O-])c1cccc(Cl)c1CN[C@H]1CC[C@@H](Nc2ccnc3cc(Cl)ccc23)CC1. The van der Waals surface area contributed by atoms with Crippen molar-refractivity contribution in [3.63, 3.8) is 0 Å². The predicted molar refractivity (Wildman–Crippen MR) is 136 cm³/mol. The molecule has 2 aromatic carbocycles. The average Bonchev–Trinajstić information content (AvgIpc) is 2.73. The van der Waals surface area contributed by atoms with E-state index in [-0.39, 0.29) is 35.4 Å². The van der Waals surface area contributed by atoms with E-state index in [1.165, 1.54) is 6.07 Å². The maximum Gasteiger partial charge on any atom is 0.275 e. The predicted octanol–water partition coefficient (Wildman–Crippen LogP) is 6.81. The first-order valence-electron chi connectivity index (χ1n) is 9.97. The molecule has 0 amide bonds. The largest absolute Gasteiger partial charge is 0.382 e. The molecule has 0 unspecified atom stereocenters. The number of fused-ring (bicyclic) bond motifs is 1. The van der Waals surface area contributed by atoms with Crippen molar-refractivity contribution in [2.24, 2.45) is 0 Å². The van der Waals surface area contributed by atoms with Crippen LogP contribution in [-0.4, -0.2) is 22.0 Å². The Balaban J connectivity index is 0.00000181. The molecule has 32 heavy (non-hydrogen) atoms. The molecule has 0 radical (unpaired) electrons. The summed E-state index contributed by atoms with van der Waals surface area (Å²) in [6.07, 6.45) is 5.81. The Kier molecular flexibility index (Phi) is 9.80. The van der Waals surface area contributed by atoms with Crippen LogP contribution in [-0.2, 0) is 6.54 Å². The van der Waals surface area contributed by atoms with Gasteiger partial charge in [-0.1, -0.05) is 29.3 Å². The van der Waals surface area contributed by atoms with E-state index >= 15 is 0 Å². The Hall–Kier alpha value is -1.83. The first-order valence-corrected chi connectivity index (χ1v) is 10.7. The molecule has 6 nitrogen and oxygen atoms in total. The lowest BCUT2D eigenvalue weighted by atomic mass is 9.90. The van der Waals surface area contributed by atoms with Crippen LogP contribution in [0.4, 0.5) is 11.4 Å². The Morgan fingerprint density at radius 2 is 1.75 bits per heavy atom. The summed E-state index contributed by atoms with van der Waals surface area (Å²) in [5, 5.41) is 20.5. The molecule has 1 heterocycles. The topological polar surface area (TPSA) is 80.1 Å². The normalized spacial score (nSPS) is 17.8. The molecule has 1 fully saturated rings. The van der Waals surface area contributed by atoms with Gasteiger partial charge in [-0.25, -0.2) is 0 Å². The van der Waals surface area contributed by atoms with Gasteiger partial charge in [0.25, 0.3) is 5.69 Å². The molecule has 1 aromatic heterocycles. The van der Waals surface area contributed by atoms with E-state index in [1.807, 2.05) is 24.3 Å². The Labute approximate surface area is 209 Å².